The van der Waals surface area contributed by atoms with Gasteiger partial charge in [0, 0.05) is 12.6 Å². The molecule has 0 fully saturated rings. The fraction of sp³-hybridized carbons (Fsp3) is 0.385. The molecule has 0 aromatic heterocycles. The monoisotopic (exact) mass is 205 g/mol. The van der Waals surface area contributed by atoms with Crippen molar-refractivity contribution < 1.29 is 4.39 Å². The van der Waals surface area contributed by atoms with Crippen molar-refractivity contribution >= 4 is 0 Å². The molecule has 0 saturated heterocycles. The van der Waals surface area contributed by atoms with Gasteiger partial charge >= 0.3 is 0 Å². The third kappa shape index (κ3) is 2.10. The van der Waals surface area contributed by atoms with E-state index in [1.165, 1.54) is 0 Å². The SMILES string of the molecule is C=C(C)CNC1CCc2c(F)cccc21. The predicted octanol–water partition coefficient (Wildman–Crippen LogP) is 2.98. The van der Waals surface area contributed by atoms with E-state index in [4.69, 9.17) is 0 Å². The highest BCUT2D eigenvalue weighted by atomic mass is 19.1. The first kappa shape index (κ1) is 10.4. The van der Waals surface area contributed by atoms with Crippen LogP contribution in [0.4, 0.5) is 4.39 Å². The van der Waals surface area contributed by atoms with Gasteiger partial charge in [-0.15, -0.1) is 0 Å². The number of nitrogens with one attached hydrogen (secondary N) is 1. The Bertz CT molecular complexity index is 384. The average molecular weight is 205 g/mol. The zero-order valence-electron chi connectivity index (χ0n) is 9.02. The van der Waals surface area contributed by atoms with Crippen molar-refractivity contribution in [2.75, 3.05) is 6.54 Å². The molecular weight excluding hydrogens is 189 g/mol. The number of fused-ring (bicyclic) bond motifs is 1. The Morgan fingerprint density at radius 2 is 2.40 bits per heavy atom. The van der Waals surface area contributed by atoms with Crippen molar-refractivity contribution in [1.29, 1.82) is 0 Å². The Morgan fingerprint density at radius 1 is 1.60 bits per heavy atom. The van der Waals surface area contributed by atoms with Crippen LogP contribution in [0, 0.1) is 5.82 Å². The highest BCUT2D eigenvalue weighted by molar-refractivity contribution is 5.35. The second-order valence-electron chi connectivity index (χ2n) is 4.24. The highest BCUT2D eigenvalue weighted by Crippen LogP contribution is 2.32. The fourth-order valence-electron chi connectivity index (χ4n) is 2.12. The Morgan fingerprint density at radius 3 is 3.13 bits per heavy atom. The van der Waals surface area contributed by atoms with Crippen molar-refractivity contribution in [3.05, 3.63) is 47.3 Å². The third-order valence-corrected chi connectivity index (χ3v) is 2.86. The van der Waals surface area contributed by atoms with Crippen LogP contribution in [-0.2, 0) is 6.42 Å². The molecule has 0 saturated carbocycles. The van der Waals surface area contributed by atoms with Crippen LogP contribution in [0.1, 0.15) is 30.5 Å². The lowest BCUT2D eigenvalue weighted by Crippen LogP contribution is -2.20. The zero-order valence-corrected chi connectivity index (χ0v) is 9.02. The molecule has 0 radical (unpaired) electrons. The van der Waals surface area contributed by atoms with E-state index in [1.807, 2.05) is 13.0 Å². The Labute approximate surface area is 90.0 Å². The minimum absolute atomic E-state index is 0.0628. The van der Waals surface area contributed by atoms with E-state index in [0.29, 0.717) is 6.04 Å². The molecule has 1 aromatic rings. The van der Waals surface area contributed by atoms with Crippen LogP contribution in [0.3, 0.4) is 0 Å². The molecule has 1 unspecified atom stereocenters. The molecule has 0 heterocycles. The summed E-state index contributed by atoms with van der Waals surface area (Å²) in [5, 5.41) is 3.40. The second kappa shape index (κ2) is 4.15. The van der Waals surface area contributed by atoms with Crippen LogP contribution in [0.15, 0.2) is 30.4 Å². The lowest BCUT2D eigenvalue weighted by Gasteiger charge is -2.13. The molecule has 1 atom stereocenters. The maximum atomic E-state index is 13.4. The number of benzene rings is 1. The second-order valence-corrected chi connectivity index (χ2v) is 4.24. The highest BCUT2D eigenvalue weighted by Gasteiger charge is 2.23. The van der Waals surface area contributed by atoms with Crippen LogP contribution in [0.25, 0.3) is 0 Å². The number of halogens is 1. The minimum Gasteiger partial charge on any atom is -0.306 e. The summed E-state index contributed by atoms with van der Waals surface area (Å²) in [6.07, 6.45) is 1.83. The fourth-order valence-corrected chi connectivity index (χ4v) is 2.12. The van der Waals surface area contributed by atoms with Crippen molar-refractivity contribution in [2.45, 2.75) is 25.8 Å². The van der Waals surface area contributed by atoms with Gasteiger partial charge in [0.05, 0.1) is 0 Å². The third-order valence-electron chi connectivity index (χ3n) is 2.86. The molecule has 15 heavy (non-hydrogen) atoms. The van der Waals surface area contributed by atoms with Crippen molar-refractivity contribution in [2.24, 2.45) is 0 Å². The summed E-state index contributed by atoms with van der Waals surface area (Å²) in [5.41, 5.74) is 3.12. The predicted molar refractivity (Wildman–Crippen MR) is 60.3 cm³/mol. The van der Waals surface area contributed by atoms with Gasteiger partial charge in [0.15, 0.2) is 0 Å². The van der Waals surface area contributed by atoms with E-state index < -0.39 is 0 Å². The molecule has 2 heteroatoms. The summed E-state index contributed by atoms with van der Waals surface area (Å²) < 4.78 is 13.4. The Kier molecular flexibility index (Phi) is 2.87. The van der Waals surface area contributed by atoms with Gasteiger partial charge in [-0.2, -0.15) is 0 Å². The van der Waals surface area contributed by atoms with Gasteiger partial charge in [-0.25, -0.2) is 4.39 Å². The van der Waals surface area contributed by atoms with Gasteiger partial charge < -0.3 is 5.32 Å². The van der Waals surface area contributed by atoms with E-state index in [0.717, 1.165) is 36.1 Å². The van der Waals surface area contributed by atoms with Crippen LogP contribution in [-0.4, -0.2) is 6.54 Å². The number of hydrogen-bond donors (Lipinski definition) is 1. The first-order valence-electron chi connectivity index (χ1n) is 5.33. The van der Waals surface area contributed by atoms with Gasteiger partial charge in [0.25, 0.3) is 0 Å². The maximum absolute atomic E-state index is 13.4. The Balaban J connectivity index is 2.14. The lowest BCUT2D eigenvalue weighted by molar-refractivity contribution is 0.556. The van der Waals surface area contributed by atoms with Gasteiger partial charge in [-0.1, -0.05) is 24.3 Å². The molecule has 80 valence electrons. The van der Waals surface area contributed by atoms with Crippen LogP contribution in [0.2, 0.25) is 0 Å². The standard InChI is InChI=1S/C13H16FN/c1-9(2)8-15-13-7-6-10-11(13)4-3-5-12(10)14/h3-5,13,15H,1,6-8H2,2H3. The van der Waals surface area contributed by atoms with Gasteiger partial charge in [0.1, 0.15) is 5.82 Å². The van der Waals surface area contributed by atoms with E-state index in [2.05, 4.69) is 11.9 Å². The van der Waals surface area contributed by atoms with E-state index in [1.54, 1.807) is 12.1 Å². The van der Waals surface area contributed by atoms with Gasteiger partial charge in [-0.05, 0) is 37.0 Å². The molecule has 0 spiro atoms. The first-order valence-corrected chi connectivity index (χ1v) is 5.33. The quantitative estimate of drug-likeness (QED) is 0.748. The molecular formula is C13H16FN. The van der Waals surface area contributed by atoms with Crippen molar-refractivity contribution in [3.8, 4) is 0 Å². The number of hydrogen-bond acceptors (Lipinski definition) is 1. The summed E-state index contributed by atoms with van der Waals surface area (Å²) >= 11 is 0. The zero-order chi connectivity index (χ0) is 10.8. The molecule has 0 aliphatic heterocycles. The molecule has 1 aromatic carbocycles. The topological polar surface area (TPSA) is 12.0 Å². The lowest BCUT2D eigenvalue weighted by atomic mass is 10.1. The summed E-state index contributed by atoms with van der Waals surface area (Å²) in [5.74, 6) is -0.0628. The molecule has 1 aliphatic rings. The summed E-state index contributed by atoms with van der Waals surface area (Å²) in [7, 11) is 0. The Hall–Kier alpha value is -1.15. The van der Waals surface area contributed by atoms with E-state index in [-0.39, 0.29) is 5.82 Å². The first-order chi connectivity index (χ1) is 7.18. The summed E-state index contributed by atoms with van der Waals surface area (Å²) in [6.45, 7) is 6.65. The molecule has 1 N–H and O–H groups in total. The van der Waals surface area contributed by atoms with Crippen molar-refractivity contribution in [3.63, 3.8) is 0 Å². The maximum Gasteiger partial charge on any atom is 0.126 e. The summed E-state index contributed by atoms with van der Waals surface area (Å²) in [4.78, 5) is 0. The van der Waals surface area contributed by atoms with Gasteiger partial charge in [0.2, 0.25) is 0 Å². The molecule has 0 bridgehead atoms. The normalized spacial score (nSPS) is 18.9. The summed E-state index contributed by atoms with van der Waals surface area (Å²) in [6, 6.07) is 5.64. The van der Waals surface area contributed by atoms with Crippen molar-refractivity contribution in [1.82, 2.24) is 5.32 Å². The van der Waals surface area contributed by atoms with E-state index in [9.17, 15) is 4.39 Å². The van der Waals surface area contributed by atoms with Crippen LogP contribution < -0.4 is 5.32 Å². The smallest absolute Gasteiger partial charge is 0.126 e. The van der Waals surface area contributed by atoms with Crippen LogP contribution in [0.5, 0.6) is 0 Å². The molecule has 1 aliphatic carbocycles. The molecule has 1 nitrogen and oxygen atoms in total. The average Bonchev–Trinajstić information content (AvgIpc) is 2.59. The van der Waals surface area contributed by atoms with Crippen LogP contribution >= 0.6 is 0 Å². The molecule has 0 amide bonds. The minimum atomic E-state index is -0.0628. The molecule has 2 rings (SSSR count). The van der Waals surface area contributed by atoms with E-state index >= 15 is 0 Å². The van der Waals surface area contributed by atoms with Gasteiger partial charge in [-0.3, -0.25) is 0 Å². The number of rotatable bonds is 3. The largest absolute Gasteiger partial charge is 0.306 e.